The number of furan rings is 1. The van der Waals surface area contributed by atoms with Crippen LogP contribution >= 0.6 is 0 Å². The maximum Gasteiger partial charge on any atom is 0.300 e. The minimum atomic E-state index is -0.904. The van der Waals surface area contributed by atoms with Crippen molar-refractivity contribution in [1.29, 1.82) is 0 Å². The Morgan fingerprint density at radius 2 is 1.75 bits per heavy atom. The Kier molecular flexibility index (Phi) is 4.74. The fourth-order valence-corrected chi connectivity index (χ4v) is 4.09. The summed E-state index contributed by atoms with van der Waals surface area (Å²) in [6.07, 6.45) is 0. The molecule has 2 aliphatic heterocycles. The molecular weight excluding hydrogens is 410 g/mol. The standard InChI is InChI=1S/C25H21NO6/c1-14-4-3-5-17(12-14)26-22(19-8-6-15(2)32-19)21(24(28)25(26)29)23(27)16-7-9-18-20(13-16)31-11-10-30-18/h3-9,12-13,22,27H,10-11H2,1-2H3/b23-21-. The summed E-state index contributed by atoms with van der Waals surface area (Å²) in [4.78, 5) is 27.7. The lowest BCUT2D eigenvalue weighted by atomic mass is 9.98. The quantitative estimate of drug-likeness (QED) is 0.378. The van der Waals surface area contributed by atoms with Crippen LogP contribution in [-0.4, -0.2) is 30.0 Å². The van der Waals surface area contributed by atoms with E-state index in [-0.39, 0.29) is 11.3 Å². The summed E-state index contributed by atoms with van der Waals surface area (Å²) in [7, 11) is 0. The Hall–Kier alpha value is -4.00. The Bertz CT molecular complexity index is 1270. The molecule has 1 saturated heterocycles. The first kappa shape index (κ1) is 19.9. The van der Waals surface area contributed by atoms with Gasteiger partial charge in [0.15, 0.2) is 11.5 Å². The van der Waals surface area contributed by atoms with Crippen molar-refractivity contribution in [2.45, 2.75) is 19.9 Å². The van der Waals surface area contributed by atoms with Crippen molar-refractivity contribution < 1.29 is 28.6 Å². The van der Waals surface area contributed by atoms with E-state index in [1.54, 1.807) is 43.3 Å². The van der Waals surface area contributed by atoms with E-state index in [1.807, 2.05) is 25.1 Å². The van der Waals surface area contributed by atoms with Gasteiger partial charge in [0.25, 0.3) is 11.7 Å². The molecule has 2 aromatic carbocycles. The number of aryl methyl sites for hydroxylation is 2. The molecule has 32 heavy (non-hydrogen) atoms. The van der Waals surface area contributed by atoms with Crippen LogP contribution in [0.2, 0.25) is 0 Å². The molecule has 7 nitrogen and oxygen atoms in total. The molecule has 2 aliphatic rings. The number of carbonyl (C=O) groups is 2. The number of hydrogen-bond acceptors (Lipinski definition) is 6. The molecule has 0 saturated carbocycles. The van der Waals surface area contributed by atoms with Crippen molar-refractivity contribution in [3.63, 3.8) is 0 Å². The van der Waals surface area contributed by atoms with E-state index in [9.17, 15) is 14.7 Å². The molecule has 1 fully saturated rings. The van der Waals surface area contributed by atoms with Crippen LogP contribution in [-0.2, 0) is 9.59 Å². The van der Waals surface area contributed by atoms with E-state index >= 15 is 0 Å². The van der Waals surface area contributed by atoms with Crippen LogP contribution in [0.15, 0.2) is 64.6 Å². The van der Waals surface area contributed by atoms with Gasteiger partial charge in [-0.15, -0.1) is 0 Å². The van der Waals surface area contributed by atoms with Gasteiger partial charge in [-0.1, -0.05) is 12.1 Å². The average molecular weight is 431 g/mol. The third-order valence-corrected chi connectivity index (χ3v) is 5.57. The number of aliphatic hydroxyl groups excluding tert-OH is 1. The zero-order valence-corrected chi connectivity index (χ0v) is 17.6. The van der Waals surface area contributed by atoms with Crippen LogP contribution in [0.5, 0.6) is 11.5 Å². The summed E-state index contributed by atoms with van der Waals surface area (Å²) in [6, 6.07) is 14.8. The van der Waals surface area contributed by atoms with Gasteiger partial charge in [0.2, 0.25) is 0 Å². The zero-order chi connectivity index (χ0) is 22.4. The number of benzene rings is 2. The molecule has 1 amide bonds. The van der Waals surface area contributed by atoms with Gasteiger partial charge in [-0.05, 0) is 61.9 Å². The van der Waals surface area contributed by atoms with Gasteiger partial charge < -0.3 is 19.0 Å². The first-order chi connectivity index (χ1) is 15.4. The molecule has 7 heteroatoms. The van der Waals surface area contributed by atoms with Crippen LogP contribution in [0.1, 0.15) is 28.7 Å². The Morgan fingerprint density at radius 3 is 2.47 bits per heavy atom. The second kappa shape index (κ2) is 7.60. The van der Waals surface area contributed by atoms with E-state index in [4.69, 9.17) is 13.9 Å². The number of anilines is 1. The van der Waals surface area contributed by atoms with Crippen LogP contribution in [0.4, 0.5) is 5.69 Å². The van der Waals surface area contributed by atoms with Gasteiger partial charge in [0.1, 0.15) is 36.5 Å². The van der Waals surface area contributed by atoms with Gasteiger partial charge in [-0.25, -0.2) is 0 Å². The lowest BCUT2D eigenvalue weighted by Crippen LogP contribution is -2.29. The number of fused-ring (bicyclic) bond motifs is 1. The molecular formula is C25H21NO6. The second-order valence-corrected chi connectivity index (χ2v) is 7.81. The first-order valence-electron chi connectivity index (χ1n) is 10.3. The SMILES string of the molecule is Cc1cccc(N2C(=O)C(=O)/C(=C(\O)c3ccc4c(c3)OCCO4)C2c2ccc(C)o2)c1. The van der Waals surface area contributed by atoms with E-state index in [0.717, 1.165) is 5.56 Å². The topological polar surface area (TPSA) is 89.2 Å². The fourth-order valence-electron chi connectivity index (χ4n) is 4.09. The predicted octanol–water partition coefficient (Wildman–Crippen LogP) is 4.29. The van der Waals surface area contributed by atoms with Gasteiger partial charge in [-0.2, -0.15) is 0 Å². The number of amides is 1. The van der Waals surface area contributed by atoms with Crippen molar-refractivity contribution in [2.75, 3.05) is 18.1 Å². The maximum atomic E-state index is 13.2. The highest BCUT2D eigenvalue weighted by Gasteiger charge is 2.48. The molecule has 1 N–H and O–H groups in total. The van der Waals surface area contributed by atoms with Gasteiger partial charge in [0, 0.05) is 11.3 Å². The molecule has 0 aliphatic carbocycles. The van der Waals surface area contributed by atoms with E-state index in [0.29, 0.717) is 47.5 Å². The van der Waals surface area contributed by atoms with Gasteiger partial charge >= 0.3 is 0 Å². The lowest BCUT2D eigenvalue weighted by Gasteiger charge is -2.24. The minimum absolute atomic E-state index is 0.0393. The zero-order valence-electron chi connectivity index (χ0n) is 17.6. The Morgan fingerprint density at radius 1 is 0.969 bits per heavy atom. The van der Waals surface area contributed by atoms with Crippen molar-refractivity contribution in [3.05, 3.63) is 82.8 Å². The second-order valence-electron chi connectivity index (χ2n) is 7.81. The minimum Gasteiger partial charge on any atom is -0.507 e. The maximum absolute atomic E-state index is 13.2. The monoisotopic (exact) mass is 431 g/mol. The molecule has 3 heterocycles. The average Bonchev–Trinajstić information content (AvgIpc) is 3.33. The number of Topliss-reactive ketones (excluding diaryl/α,β-unsaturated/α-hetero) is 1. The molecule has 0 spiro atoms. The normalized spacial score (nSPS) is 19.4. The molecule has 0 bridgehead atoms. The highest BCUT2D eigenvalue weighted by atomic mass is 16.6. The number of ketones is 1. The highest BCUT2D eigenvalue weighted by Crippen LogP contribution is 2.43. The smallest absolute Gasteiger partial charge is 0.300 e. The largest absolute Gasteiger partial charge is 0.507 e. The predicted molar refractivity (Wildman–Crippen MR) is 117 cm³/mol. The number of carbonyl (C=O) groups excluding carboxylic acids is 2. The summed E-state index contributed by atoms with van der Waals surface area (Å²) in [5.74, 6) is 0.252. The van der Waals surface area contributed by atoms with E-state index in [1.165, 1.54) is 4.90 Å². The van der Waals surface area contributed by atoms with Gasteiger partial charge in [0.05, 0.1) is 5.57 Å². The lowest BCUT2D eigenvalue weighted by molar-refractivity contribution is -0.132. The van der Waals surface area contributed by atoms with Crippen molar-refractivity contribution in [2.24, 2.45) is 0 Å². The number of ether oxygens (including phenoxy) is 2. The highest BCUT2D eigenvalue weighted by molar-refractivity contribution is 6.51. The third kappa shape index (κ3) is 3.22. The van der Waals surface area contributed by atoms with Crippen LogP contribution < -0.4 is 14.4 Å². The summed E-state index contributed by atoms with van der Waals surface area (Å²) in [6.45, 7) is 4.52. The van der Waals surface area contributed by atoms with E-state index in [2.05, 4.69) is 0 Å². The molecule has 5 rings (SSSR count). The van der Waals surface area contributed by atoms with Crippen LogP contribution in [0.3, 0.4) is 0 Å². The fraction of sp³-hybridized carbons (Fsp3) is 0.200. The molecule has 1 unspecified atom stereocenters. The molecule has 162 valence electrons. The third-order valence-electron chi connectivity index (χ3n) is 5.57. The number of aliphatic hydroxyl groups is 1. The Labute approximate surface area is 184 Å². The van der Waals surface area contributed by atoms with Crippen LogP contribution in [0.25, 0.3) is 5.76 Å². The van der Waals surface area contributed by atoms with Crippen molar-refractivity contribution >= 4 is 23.1 Å². The Balaban J connectivity index is 1.69. The van der Waals surface area contributed by atoms with E-state index < -0.39 is 17.7 Å². The molecule has 0 radical (unpaired) electrons. The molecule has 3 aromatic rings. The first-order valence-corrected chi connectivity index (χ1v) is 10.3. The molecule has 1 aromatic heterocycles. The van der Waals surface area contributed by atoms with Crippen LogP contribution in [0, 0.1) is 13.8 Å². The van der Waals surface area contributed by atoms with Crippen molar-refractivity contribution in [3.8, 4) is 11.5 Å². The van der Waals surface area contributed by atoms with Crippen molar-refractivity contribution in [1.82, 2.24) is 0 Å². The number of nitrogens with zero attached hydrogens (tertiary/aromatic N) is 1. The summed E-state index contributed by atoms with van der Waals surface area (Å²) in [5, 5.41) is 11.2. The summed E-state index contributed by atoms with van der Waals surface area (Å²) >= 11 is 0. The molecule has 1 atom stereocenters. The summed E-state index contributed by atoms with van der Waals surface area (Å²) < 4.78 is 17.0. The number of rotatable bonds is 3. The summed E-state index contributed by atoms with van der Waals surface area (Å²) in [5.41, 5.74) is 1.80. The van der Waals surface area contributed by atoms with Gasteiger partial charge in [-0.3, -0.25) is 14.5 Å². The number of hydrogen-bond donors (Lipinski definition) is 1.